The Morgan fingerprint density at radius 2 is 2.23 bits per heavy atom. The molecule has 0 radical (unpaired) electrons. The standard InChI is InChI=1S/C9H13IN2O/c10-8-6-7(11)2-3-9(8)12-4-1-5-13/h2-3,6,12-13H,1,4-5,11H2. The molecule has 1 rings (SSSR count). The van der Waals surface area contributed by atoms with Gasteiger partial charge in [-0.25, -0.2) is 0 Å². The maximum absolute atomic E-state index is 8.60. The average molecular weight is 292 g/mol. The molecule has 4 N–H and O–H groups in total. The molecule has 0 unspecified atom stereocenters. The molecule has 0 fully saturated rings. The molecule has 0 atom stereocenters. The van der Waals surface area contributed by atoms with Gasteiger partial charge >= 0.3 is 0 Å². The van der Waals surface area contributed by atoms with E-state index in [1.807, 2.05) is 18.2 Å². The highest BCUT2D eigenvalue weighted by Crippen LogP contribution is 2.20. The van der Waals surface area contributed by atoms with E-state index in [1.165, 1.54) is 0 Å². The van der Waals surface area contributed by atoms with Gasteiger partial charge in [-0.15, -0.1) is 0 Å². The van der Waals surface area contributed by atoms with E-state index in [0.29, 0.717) is 0 Å². The fourth-order valence-electron chi connectivity index (χ4n) is 0.977. The molecule has 0 bridgehead atoms. The predicted molar refractivity (Wildman–Crippen MR) is 63.8 cm³/mol. The molecule has 4 heteroatoms. The number of anilines is 2. The first-order valence-electron chi connectivity index (χ1n) is 4.14. The lowest BCUT2D eigenvalue weighted by Crippen LogP contribution is -2.04. The summed E-state index contributed by atoms with van der Waals surface area (Å²) in [5.74, 6) is 0. The van der Waals surface area contributed by atoms with Crippen LogP contribution in [0.15, 0.2) is 18.2 Å². The van der Waals surface area contributed by atoms with Crippen LogP contribution in [0, 0.1) is 3.57 Å². The molecule has 0 aliphatic heterocycles. The van der Waals surface area contributed by atoms with E-state index in [-0.39, 0.29) is 6.61 Å². The molecule has 0 spiro atoms. The Labute approximate surface area is 91.5 Å². The van der Waals surface area contributed by atoms with Crippen molar-refractivity contribution < 1.29 is 5.11 Å². The second kappa shape index (κ2) is 5.29. The van der Waals surface area contributed by atoms with Crippen LogP contribution in [-0.4, -0.2) is 18.3 Å². The van der Waals surface area contributed by atoms with Crippen molar-refractivity contribution in [2.24, 2.45) is 0 Å². The van der Waals surface area contributed by atoms with Crippen LogP contribution < -0.4 is 11.1 Å². The molecule has 72 valence electrons. The smallest absolute Gasteiger partial charge is 0.0477 e. The van der Waals surface area contributed by atoms with Crippen molar-refractivity contribution >= 4 is 34.0 Å². The molecule has 0 aliphatic carbocycles. The lowest BCUT2D eigenvalue weighted by molar-refractivity contribution is 0.292. The molecule has 0 saturated heterocycles. The minimum absolute atomic E-state index is 0.221. The molecular weight excluding hydrogens is 279 g/mol. The first-order chi connectivity index (χ1) is 6.24. The third kappa shape index (κ3) is 3.40. The highest BCUT2D eigenvalue weighted by molar-refractivity contribution is 14.1. The van der Waals surface area contributed by atoms with Crippen LogP contribution in [0.3, 0.4) is 0 Å². The SMILES string of the molecule is Nc1ccc(NCCCO)c(I)c1. The van der Waals surface area contributed by atoms with E-state index in [4.69, 9.17) is 10.8 Å². The van der Waals surface area contributed by atoms with Crippen LogP contribution in [0.2, 0.25) is 0 Å². The van der Waals surface area contributed by atoms with Gasteiger partial charge in [0.05, 0.1) is 0 Å². The lowest BCUT2D eigenvalue weighted by atomic mass is 10.3. The van der Waals surface area contributed by atoms with Gasteiger partial charge in [0.2, 0.25) is 0 Å². The summed E-state index contributed by atoms with van der Waals surface area (Å²) in [5.41, 5.74) is 7.46. The van der Waals surface area contributed by atoms with Crippen LogP contribution in [-0.2, 0) is 0 Å². The zero-order chi connectivity index (χ0) is 9.68. The van der Waals surface area contributed by atoms with Crippen molar-refractivity contribution in [3.8, 4) is 0 Å². The molecule has 0 heterocycles. The average Bonchev–Trinajstić information content (AvgIpc) is 2.09. The summed E-state index contributed by atoms with van der Waals surface area (Å²) in [6, 6.07) is 5.74. The minimum Gasteiger partial charge on any atom is -0.399 e. The quantitative estimate of drug-likeness (QED) is 0.449. The van der Waals surface area contributed by atoms with Crippen molar-refractivity contribution in [3.63, 3.8) is 0 Å². The summed E-state index contributed by atoms with van der Waals surface area (Å²) >= 11 is 2.23. The van der Waals surface area contributed by atoms with E-state index in [9.17, 15) is 0 Å². The van der Waals surface area contributed by atoms with E-state index in [1.54, 1.807) is 0 Å². The Kier molecular flexibility index (Phi) is 4.31. The lowest BCUT2D eigenvalue weighted by Gasteiger charge is -2.07. The number of nitrogens with one attached hydrogen (secondary N) is 1. The summed E-state index contributed by atoms with van der Waals surface area (Å²) in [5, 5.41) is 11.8. The van der Waals surface area contributed by atoms with E-state index in [0.717, 1.165) is 27.9 Å². The predicted octanol–water partition coefficient (Wildman–Crippen LogP) is 1.67. The van der Waals surface area contributed by atoms with Gasteiger partial charge in [-0.2, -0.15) is 0 Å². The molecule has 0 aliphatic rings. The third-order valence-electron chi connectivity index (χ3n) is 1.64. The number of aliphatic hydroxyl groups is 1. The second-order valence-corrected chi connectivity index (χ2v) is 3.91. The van der Waals surface area contributed by atoms with Gasteiger partial charge in [-0.05, 0) is 47.2 Å². The molecular formula is C9H13IN2O. The van der Waals surface area contributed by atoms with Gasteiger partial charge in [-0.1, -0.05) is 0 Å². The third-order valence-corrected chi connectivity index (χ3v) is 2.54. The molecule has 0 amide bonds. The van der Waals surface area contributed by atoms with Crippen molar-refractivity contribution in [2.45, 2.75) is 6.42 Å². The van der Waals surface area contributed by atoms with Crippen molar-refractivity contribution in [3.05, 3.63) is 21.8 Å². The van der Waals surface area contributed by atoms with Gasteiger partial charge in [0, 0.05) is 28.1 Å². The Morgan fingerprint density at radius 1 is 1.46 bits per heavy atom. The zero-order valence-corrected chi connectivity index (χ0v) is 9.41. The topological polar surface area (TPSA) is 58.3 Å². The Balaban J connectivity index is 2.56. The van der Waals surface area contributed by atoms with Crippen LogP contribution in [0.1, 0.15) is 6.42 Å². The van der Waals surface area contributed by atoms with Crippen LogP contribution in [0.25, 0.3) is 0 Å². The molecule has 1 aromatic rings. The van der Waals surface area contributed by atoms with Crippen LogP contribution in [0.4, 0.5) is 11.4 Å². The Hall–Kier alpha value is -0.490. The number of benzene rings is 1. The van der Waals surface area contributed by atoms with Gasteiger partial charge in [0.25, 0.3) is 0 Å². The number of nitrogens with two attached hydrogens (primary N) is 1. The highest BCUT2D eigenvalue weighted by atomic mass is 127. The summed E-state index contributed by atoms with van der Waals surface area (Å²) in [7, 11) is 0. The normalized spacial score (nSPS) is 10.0. The summed E-state index contributed by atoms with van der Waals surface area (Å²) in [4.78, 5) is 0. The van der Waals surface area contributed by atoms with Gasteiger partial charge < -0.3 is 16.2 Å². The van der Waals surface area contributed by atoms with Crippen molar-refractivity contribution in [1.82, 2.24) is 0 Å². The van der Waals surface area contributed by atoms with Crippen molar-refractivity contribution in [1.29, 1.82) is 0 Å². The molecule has 0 saturated carbocycles. The minimum atomic E-state index is 0.221. The van der Waals surface area contributed by atoms with Gasteiger partial charge in [0.1, 0.15) is 0 Å². The summed E-state index contributed by atoms with van der Waals surface area (Å²) in [6.07, 6.45) is 0.764. The number of hydrogen-bond donors (Lipinski definition) is 3. The first-order valence-corrected chi connectivity index (χ1v) is 5.21. The van der Waals surface area contributed by atoms with Crippen LogP contribution in [0.5, 0.6) is 0 Å². The van der Waals surface area contributed by atoms with E-state index in [2.05, 4.69) is 27.9 Å². The fraction of sp³-hybridized carbons (Fsp3) is 0.333. The number of aliphatic hydroxyl groups excluding tert-OH is 1. The molecule has 0 aromatic heterocycles. The molecule has 3 nitrogen and oxygen atoms in total. The zero-order valence-electron chi connectivity index (χ0n) is 7.26. The second-order valence-electron chi connectivity index (χ2n) is 2.74. The van der Waals surface area contributed by atoms with E-state index < -0.39 is 0 Å². The summed E-state index contributed by atoms with van der Waals surface area (Å²) in [6.45, 7) is 1.01. The molecule has 13 heavy (non-hydrogen) atoms. The van der Waals surface area contributed by atoms with Gasteiger partial charge in [0.15, 0.2) is 0 Å². The summed E-state index contributed by atoms with van der Waals surface area (Å²) < 4.78 is 1.11. The maximum atomic E-state index is 8.60. The first kappa shape index (κ1) is 10.6. The number of halogens is 1. The number of rotatable bonds is 4. The van der Waals surface area contributed by atoms with E-state index >= 15 is 0 Å². The van der Waals surface area contributed by atoms with Gasteiger partial charge in [-0.3, -0.25) is 0 Å². The molecule has 1 aromatic carbocycles. The highest BCUT2D eigenvalue weighted by Gasteiger charge is 1.98. The van der Waals surface area contributed by atoms with Crippen LogP contribution >= 0.6 is 22.6 Å². The number of nitrogen functional groups attached to an aromatic ring is 1. The largest absolute Gasteiger partial charge is 0.399 e. The fourth-order valence-corrected chi connectivity index (χ4v) is 1.71. The Morgan fingerprint density at radius 3 is 2.85 bits per heavy atom. The van der Waals surface area contributed by atoms with Crippen molar-refractivity contribution in [2.75, 3.05) is 24.2 Å². The number of hydrogen-bond acceptors (Lipinski definition) is 3. The maximum Gasteiger partial charge on any atom is 0.0477 e. The monoisotopic (exact) mass is 292 g/mol. The Bertz CT molecular complexity index is 278.